The lowest BCUT2D eigenvalue weighted by atomic mass is 9.88. The summed E-state index contributed by atoms with van der Waals surface area (Å²) in [7, 11) is 0. The molecule has 0 aliphatic carbocycles. The van der Waals surface area contributed by atoms with Gasteiger partial charge < -0.3 is 5.32 Å². The molecule has 2 aromatic carbocycles. The van der Waals surface area contributed by atoms with Crippen LogP contribution in [0.5, 0.6) is 0 Å². The van der Waals surface area contributed by atoms with Gasteiger partial charge in [-0.3, -0.25) is 14.5 Å². The fourth-order valence-corrected chi connectivity index (χ4v) is 3.32. The number of benzene rings is 2. The molecule has 7 heteroatoms. The van der Waals surface area contributed by atoms with E-state index < -0.39 is 11.6 Å². The summed E-state index contributed by atoms with van der Waals surface area (Å²) in [4.78, 5) is 26.5. The standard InChI is InChI=1S/C20H19ClF2N2O2/c21-14-1-4-16(5-2-14)24-19(26)12-25-9-7-13(8-10-25)20(27)17-11-15(22)3-6-18(17)23/h1-6,11,13H,7-10,12H2,(H,24,26). The number of Topliss-reactive ketones (excluding diaryl/α,β-unsaturated/α-hetero) is 1. The van der Waals surface area contributed by atoms with Gasteiger partial charge in [0, 0.05) is 16.6 Å². The van der Waals surface area contributed by atoms with E-state index in [0.717, 1.165) is 18.2 Å². The second kappa shape index (κ2) is 8.59. The topological polar surface area (TPSA) is 49.4 Å². The van der Waals surface area contributed by atoms with Gasteiger partial charge in [-0.15, -0.1) is 0 Å². The van der Waals surface area contributed by atoms with Crippen LogP contribution in [0.1, 0.15) is 23.2 Å². The van der Waals surface area contributed by atoms with Gasteiger partial charge in [0.25, 0.3) is 0 Å². The number of likely N-dealkylation sites (tertiary alicyclic amines) is 1. The molecule has 0 saturated carbocycles. The first-order valence-electron chi connectivity index (χ1n) is 8.69. The maximum Gasteiger partial charge on any atom is 0.238 e. The van der Waals surface area contributed by atoms with Gasteiger partial charge in [0.15, 0.2) is 5.78 Å². The molecule has 0 radical (unpaired) electrons. The molecule has 0 aromatic heterocycles. The molecule has 0 atom stereocenters. The van der Waals surface area contributed by atoms with E-state index in [9.17, 15) is 18.4 Å². The van der Waals surface area contributed by atoms with Gasteiger partial charge >= 0.3 is 0 Å². The first-order valence-corrected chi connectivity index (χ1v) is 9.07. The van der Waals surface area contributed by atoms with Gasteiger partial charge in [-0.05, 0) is 68.4 Å². The Kier molecular flexibility index (Phi) is 6.19. The van der Waals surface area contributed by atoms with Crippen molar-refractivity contribution in [2.24, 2.45) is 5.92 Å². The zero-order valence-electron chi connectivity index (χ0n) is 14.6. The van der Waals surface area contributed by atoms with Crippen LogP contribution in [0, 0.1) is 17.6 Å². The molecule has 1 fully saturated rings. The Labute approximate surface area is 161 Å². The normalized spacial score (nSPS) is 15.5. The number of anilines is 1. The summed E-state index contributed by atoms with van der Waals surface area (Å²) in [6.45, 7) is 1.29. The number of hydrogen-bond donors (Lipinski definition) is 1. The highest BCUT2D eigenvalue weighted by Crippen LogP contribution is 2.23. The zero-order chi connectivity index (χ0) is 19.4. The highest BCUT2D eigenvalue weighted by Gasteiger charge is 2.28. The number of piperidine rings is 1. The fraction of sp³-hybridized carbons (Fsp3) is 0.300. The van der Waals surface area contributed by atoms with Gasteiger partial charge in [-0.25, -0.2) is 8.78 Å². The molecule has 4 nitrogen and oxygen atoms in total. The molecule has 0 unspecified atom stereocenters. The number of rotatable bonds is 5. The molecular weight excluding hydrogens is 374 g/mol. The molecule has 0 bridgehead atoms. The highest BCUT2D eigenvalue weighted by atomic mass is 35.5. The first-order chi connectivity index (χ1) is 12.9. The van der Waals surface area contributed by atoms with Crippen molar-refractivity contribution in [2.75, 3.05) is 25.0 Å². The van der Waals surface area contributed by atoms with Crippen molar-refractivity contribution in [2.45, 2.75) is 12.8 Å². The van der Waals surface area contributed by atoms with Crippen LogP contribution >= 0.6 is 11.6 Å². The second-order valence-corrected chi connectivity index (χ2v) is 7.03. The zero-order valence-corrected chi connectivity index (χ0v) is 15.3. The number of halogens is 3. The Hall–Kier alpha value is -2.31. The van der Waals surface area contributed by atoms with Crippen molar-refractivity contribution in [3.63, 3.8) is 0 Å². The van der Waals surface area contributed by atoms with Crippen molar-refractivity contribution in [3.05, 3.63) is 64.7 Å². The summed E-state index contributed by atoms with van der Waals surface area (Å²) >= 11 is 5.81. The molecule has 3 rings (SSSR count). The molecule has 1 aliphatic rings. The van der Waals surface area contributed by atoms with E-state index >= 15 is 0 Å². The summed E-state index contributed by atoms with van der Waals surface area (Å²) in [6.07, 6.45) is 1.01. The second-order valence-electron chi connectivity index (χ2n) is 6.59. The Morgan fingerprint density at radius 2 is 1.74 bits per heavy atom. The van der Waals surface area contributed by atoms with Crippen LogP contribution < -0.4 is 5.32 Å². The Balaban J connectivity index is 1.51. The summed E-state index contributed by atoms with van der Waals surface area (Å²) in [5, 5.41) is 3.38. The van der Waals surface area contributed by atoms with Gasteiger partial charge in [-0.1, -0.05) is 11.6 Å². The van der Waals surface area contributed by atoms with E-state index in [0.29, 0.717) is 36.6 Å². The van der Waals surface area contributed by atoms with Crippen molar-refractivity contribution in [1.29, 1.82) is 0 Å². The molecule has 1 heterocycles. The highest BCUT2D eigenvalue weighted by molar-refractivity contribution is 6.30. The van der Waals surface area contributed by atoms with Gasteiger partial charge in [0.2, 0.25) is 5.91 Å². The average molecular weight is 393 g/mol. The van der Waals surface area contributed by atoms with Crippen LogP contribution in [0.3, 0.4) is 0 Å². The first kappa shape index (κ1) is 19.5. The third kappa shape index (κ3) is 5.11. The predicted octanol–water partition coefficient (Wildman–Crippen LogP) is 4.15. The quantitative estimate of drug-likeness (QED) is 0.777. The lowest BCUT2D eigenvalue weighted by molar-refractivity contribution is -0.117. The molecule has 142 valence electrons. The number of hydrogen-bond acceptors (Lipinski definition) is 3. The Morgan fingerprint density at radius 3 is 2.41 bits per heavy atom. The number of carbonyl (C=O) groups is 2. The van der Waals surface area contributed by atoms with E-state index in [-0.39, 0.29) is 29.7 Å². The van der Waals surface area contributed by atoms with Crippen LogP contribution in [-0.4, -0.2) is 36.2 Å². The van der Waals surface area contributed by atoms with Gasteiger partial charge in [0.1, 0.15) is 11.6 Å². The molecule has 0 spiro atoms. The van der Waals surface area contributed by atoms with Crippen molar-refractivity contribution < 1.29 is 18.4 Å². The monoisotopic (exact) mass is 392 g/mol. The van der Waals surface area contributed by atoms with Crippen LogP contribution in [0.25, 0.3) is 0 Å². The minimum absolute atomic E-state index is 0.154. The Bertz CT molecular complexity index is 834. The van der Waals surface area contributed by atoms with E-state index in [1.54, 1.807) is 24.3 Å². The Morgan fingerprint density at radius 1 is 1.07 bits per heavy atom. The van der Waals surface area contributed by atoms with Crippen LogP contribution in [0.2, 0.25) is 5.02 Å². The van der Waals surface area contributed by atoms with Crippen molar-refractivity contribution in [3.8, 4) is 0 Å². The molecule has 1 saturated heterocycles. The lowest BCUT2D eigenvalue weighted by Gasteiger charge is -2.30. The molecule has 1 N–H and O–H groups in total. The van der Waals surface area contributed by atoms with E-state index in [2.05, 4.69) is 5.32 Å². The fourth-order valence-electron chi connectivity index (χ4n) is 3.20. The minimum atomic E-state index is -0.703. The average Bonchev–Trinajstić information content (AvgIpc) is 2.65. The molecule has 27 heavy (non-hydrogen) atoms. The smallest absolute Gasteiger partial charge is 0.238 e. The van der Waals surface area contributed by atoms with Gasteiger partial charge in [0.05, 0.1) is 12.1 Å². The number of ketones is 1. The molecule has 1 aliphatic heterocycles. The van der Waals surface area contributed by atoms with Gasteiger partial charge in [-0.2, -0.15) is 0 Å². The molecule has 1 amide bonds. The third-order valence-electron chi connectivity index (χ3n) is 4.65. The summed E-state index contributed by atoms with van der Waals surface area (Å²) in [5.41, 5.74) is 0.463. The maximum absolute atomic E-state index is 13.8. The number of nitrogens with zero attached hydrogens (tertiary/aromatic N) is 1. The predicted molar refractivity (Wildman–Crippen MR) is 99.9 cm³/mol. The van der Waals surface area contributed by atoms with E-state index in [1.807, 2.05) is 4.90 Å². The summed E-state index contributed by atoms with van der Waals surface area (Å²) in [5.74, 6) is -2.23. The maximum atomic E-state index is 13.8. The molecular formula is C20H19ClF2N2O2. The SMILES string of the molecule is O=C(CN1CCC(C(=O)c2cc(F)ccc2F)CC1)Nc1ccc(Cl)cc1. The number of amides is 1. The van der Waals surface area contributed by atoms with Crippen LogP contribution in [0.4, 0.5) is 14.5 Å². The summed E-state index contributed by atoms with van der Waals surface area (Å²) < 4.78 is 27.1. The molecule has 2 aromatic rings. The number of nitrogens with one attached hydrogen (secondary N) is 1. The van der Waals surface area contributed by atoms with Crippen molar-refractivity contribution >= 4 is 29.0 Å². The van der Waals surface area contributed by atoms with Crippen molar-refractivity contribution in [1.82, 2.24) is 4.90 Å². The van der Waals surface area contributed by atoms with Crippen LogP contribution in [-0.2, 0) is 4.79 Å². The summed E-state index contributed by atoms with van der Waals surface area (Å²) in [6, 6.07) is 9.74. The number of carbonyl (C=O) groups excluding carboxylic acids is 2. The largest absolute Gasteiger partial charge is 0.325 e. The van der Waals surface area contributed by atoms with E-state index in [4.69, 9.17) is 11.6 Å². The van der Waals surface area contributed by atoms with Crippen LogP contribution in [0.15, 0.2) is 42.5 Å². The third-order valence-corrected chi connectivity index (χ3v) is 4.90. The minimum Gasteiger partial charge on any atom is -0.325 e. The lowest BCUT2D eigenvalue weighted by Crippen LogP contribution is -2.40. The van der Waals surface area contributed by atoms with E-state index in [1.165, 1.54) is 0 Å².